The van der Waals surface area contributed by atoms with E-state index in [-0.39, 0.29) is 5.41 Å². The third-order valence-electron chi connectivity index (χ3n) is 8.23. The summed E-state index contributed by atoms with van der Waals surface area (Å²) in [6.45, 7) is 5.94. The lowest BCUT2D eigenvalue weighted by Gasteiger charge is -2.42. The molecular weight excluding hydrogens is 412 g/mol. The summed E-state index contributed by atoms with van der Waals surface area (Å²) in [5.74, 6) is 2.18. The summed E-state index contributed by atoms with van der Waals surface area (Å²) in [5, 5.41) is 0. The van der Waals surface area contributed by atoms with Gasteiger partial charge in [-0.2, -0.15) is 0 Å². The first-order valence-corrected chi connectivity index (χ1v) is 13.4. The van der Waals surface area contributed by atoms with Gasteiger partial charge in [0, 0.05) is 50.2 Å². The maximum absolute atomic E-state index is 12.9. The Morgan fingerprint density at radius 3 is 2.61 bits per heavy atom. The van der Waals surface area contributed by atoms with E-state index in [1.165, 1.54) is 31.2 Å². The molecule has 5 heteroatoms. The molecule has 0 unspecified atom stereocenters. The highest BCUT2D eigenvalue weighted by atomic mass is 16.5. The molecule has 2 fully saturated rings. The van der Waals surface area contributed by atoms with Crippen LogP contribution in [-0.2, 0) is 16.1 Å². The minimum Gasteiger partial charge on any atom is -0.493 e. The smallest absolute Gasteiger partial charge is 0.222 e. The van der Waals surface area contributed by atoms with Gasteiger partial charge in [-0.25, -0.2) is 0 Å². The third kappa shape index (κ3) is 7.19. The molecule has 1 aliphatic carbocycles. The second-order valence-corrected chi connectivity index (χ2v) is 10.8. The van der Waals surface area contributed by atoms with E-state index >= 15 is 0 Å². The fourth-order valence-corrected chi connectivity index (χ4v) is 5.88. The molecule has 4 rings (SSSR count). The van der Waals surface area contributed by atoms with Crippen molar-refractivity contribution in [3.63, 3.8) is 0 Å². The topological polar surface area (TPSA) is 42.0 Å². The van der Waals surface area contributed by atoms with Crippen LogP contribution in [-0.4, -0.2) is 62.2 Å². The number of hydrogen-bond acceptors (Lipinski definition) is 4. The number of rotatable bonds is 3. The normalized spacial score (nSPS) is 23.6. The number of carbonyl (C=O) groups excluding carboxylic acids is 1. The molecule has 0 atom stereocenters. The van der Waals surface area contributed by atoms with Crippen LogP contribution in [0.25, 0.3) is 0 Å². The standard InChI is InChI=1S/C28H44N2O3/c1-29-19-21-32-20-7-6-14-28(23-33-26-11-5-4-10-25(26)22-29)15-17-30(18-16-28)27(31)13-12-24-8-2-3-9-24/h4-5,10-11,24H,2-3,6-9,12-23H2,1H3. The first-order valence-electron chi connectivity index (χ1n) is 13.4. The Balaban J connectivity index is 1.36. The molecule has 0 radical (unpaired) electrons. The number of nitrogens with zero attached hydrogens (tertiary/aromatic N) is 2. The van der Waals surface area contributed by atoms with Crippen molar-refractivity contribution in [3.05, 3.63) is 29.8 Å². The van der Waals surface area contributed by atoms with E-state index in [4.69, 9.17) is 9.47 Å². The molecular formula is C28H44N2O3. The van der Waals surface area contributed by atoms with Crippen molar-refractivity contribution < 1.29 is 14.3 Å². The molecule has 1 saturated carbocycles. The SMILES string of the molecule is CN1CCOCCCCC2(CCN(C(=O)CCC3CCCC3)CC2)COc2ccccc2C1. The zero-order chi connectivity index (χ0) is 22.9. The number of piperidine rings is 1. The van der Waals surface area contributed by atoms with E-state index in [2.05, 4.69) is 41.1 Å². The van der Waals surface area contributed by atoms with Crippen molar-refractivity contribution in [3.8, 4) is 5.75 Å². The van der Waals surface area contributed by atoms with Crippen LogP contribution in [0.1, 0.15) is 76.2 Å². The van der Waals surface area contributed by atoms with Gasteiger partial charge >= 0.3 is 0 Å². The number of ether oxygens (including phenoxy) is 2. The Bertz CT molecular complexity index is 738. The molecule has 3 aliphatic rings. The minimum atomic E-state index is 0.158. The predicted molar refractivity (Wildman–Crippen MR) is 132 cm³/mol. The number of benzene rings is 1. The van der Waals surface area contributed by atoms with E-state index in [0.29, 0.717) is 5.91 Å². The van der Waals surface area contributed by atoms with Crippen LogP contribution >= 0.6 is 0 Å². The molecule has 0 N–H and O–H groups in total. The summed E-state index contributed by atoms with van der Waals surface area (Å²) in [4.78, 5) is 17.3. The fraction of sp³-hybridized carbons (Fsp3) is 0.750. The van der Waals surface area contributed by atoms with Crippen LogP contribution in [0.3, 0.4) is 0 Å². The van der Waals surface area contributed by atoms with Gasteiger partial charge < -0.3 is 14.4 Å². The molecule has 2 heterocycles. The Labute approximate surface area is 200 Å². The summed E-state index contributed by atoms with van der Waals surface area (Å²) < 4.78 is 12.4. The monoisotopic (exact) mass is 456 g/mol. The molecule has 5 nitrogen and oxygen atoms in total. The van der Waals surface area contributed by atoms with Gasteiger partial charge in [-0.3, -0.25) is 9.69 Å². The fourth-order valence-electron chi connectivity index (χ4n) is 5.88. The second kappa shape index (κ2) is 12.2. The number of amides is 1. The van der Waals surface area contributed by atoms with E-state index in [1.807, 2.05) is 0 Å². The molecule has 33 heavy (non-hydrogen) atoms. The number of fused-ring (bicyclic) bond motifs is 1. The molecule has 1 spiro atoms. The Morgan fingerprint density at radius 2 is 1.79 bits per heavy atom. The van der Waals surface area contributed by atoms with Crippen LogP contribution in [0.15, 0.2) is 24.3 Å². The first-order chi connectivity index (χ1) is 16.1. The van der Waals surface area contributed by atoms with Gasteiger partial charge in [0.15, 0.2) is 0 Å². The number of hydrogen-bond donors (Lipinski definition) is 0. The van der Waals surface area contributed by atoms with E-state index < -0.39 is 0 Å². The molecule has 1 aromatic carbocycles. The molecule has 184 valence electrons. The van der Waals surface area contributed by atoms with Gasteiger partial charge in [-0.05, 0) is 51.1 Å². The largest absolute Gasteiger partial charge is 0.493 e. The summed E-state index contributed by atoms with van der Waals surface area (Å²) in [7, 11) is 2.15. The number of para-hydroxylation sites is 1. The van der Waals surface area contributed by atoms with E-state index in [0.717, 1.165) is 103 Å². The van der Waals surface area contributed by atoms with Crippen molar-refractivity contribution in [2.45, 2.75) is 77.2 Å². The summed E-state index contributed by atoms with van der Waals surface area (Å²) in [5.41, 5.74) is 1.40. The molecule has 0 bridgehead atoms. The van der Waals surface area contributed by atoms with E-state index in [9.17, 15) is 4.79 Å². The zero-order valence-corrected chi connectivity index (χ0v) is 20.7. The van der Waals surface area contributed by atoms with Crippen LogP contribution in [0.4, 0.5) is 0 Å². The van der Waals surface area contributed by atoms with E-state index in [1.54, 1.807) is 0 Å². The van der Waals surface area contributed by atoms with Crippen LogP contribution in [0.2, 0.25) is 0 Å². The average Bonchev–Trinajstić information content (AvgIpc) is 3.35. The highest BCUT2D eigenvalue weighted by molar-refractivity contribution is 5.76. The summed E-state index contributed by atoms with van der Waals surface area (Å²) in [6, 6.07) is 8.46. The lowest BCUT2D eigenvalue weighted by Crippen LogP contribution is -2.45. The molecule has 1 saturated heterocycles. The molecule has 1 amide bonds. The maximum Gasteiger partial charge on any atom is 0.222 e. The van der Waals surface area contributed by atoms with Crippen molar-refractivity contribution in [1.29, 1.82) is 0 Å². The lowest BCUT2D eigenvalue weighted by atomic mass is 9.75. The van der Waals surface area contributed by atoms with Crippen molar-refractivity contribution in [2.24, 2.45) is 11.3 Å². The lowest BCUT2D eigenvalue weighted by molar-refractivity contribution is -0.134. The molecule has 0 aromatic heterocycles. The van der Waals surface area contributed by atoms with Crippen LogP contribution < -0.4 is 4.74 Å². The van der Waals surface area contributed by atoms with Gasteiger partial charge in [0.25, 0.3) is 0 Å². The van der Waals surface area contributed by atoms with Gasteiger partial charge in [-0.1, -0.05) is 50.3 Å². The highest BCUT2D eigenvalue weighted by Crippen LogP contribution is 2.38. The van der Waals surface area contributed by atoms with Gasteiger partial charge in [0.05, 0.1) is 13.2 Å². The highest BCUT2D eigenvalue weighted by Gasteiger charge is 2.36. The zero-order valence-electron chi connectivity index (χ0n) is 20.7. The molecule has 1 aromatic rings. The predicted octanol–water partition coefficient (Wildman–Crippen LogP) is 5.28. The summed E-state index contributed by atoms with van der Waals surface area (Å²) >= 11 is 0. The van der Waals surface area contributed by atoms with Crippen molar-refractivity contribution >= 4 is 5.91 Å². The van der Waals surface area contributed by atoms with Gasteiger partial charge in [0.1, 0.15) is 5.75 Å². The van der Waals surface area contributed by atoms with Gasteiger partial charge in [-0.15, -0.1) is 0 Å². The Kier molecular flexibility index (Phi) is 9.08. The quantitative estimate of drug-likeness (QED) is 0.621. The minimum absolute atomic E-state index is 0.158. The summed E-state index contributed by atoms with van der Waals surface area (Å²) in [6.07, 6.45) is 12.7. The average molecular weight is 457 g/mol. The Hall–Kier alpha value is -1.59. The van der Waals surface area contributed by atoms with Crippen molar-refractivity contribution in [2.75, 3.05) is 46.5 Å². The Morgan fingerprint density at radius 1 is 1.00 bits per heavy atom. The second-order valence-electron chi connectivity index (χ2n) is 10.8. The number of likely N-dealkylation sites (tertiary alicyclic amines) is 1. The third-order valence-corrected chi connectivity index (χ3v) is 8.23. The number of carbonyl (C=O) groups is 1. The van der Waals surface area contributed by atoms with Crippen LogP contribution in [0.5, 0.6) is 5.75 Å². The van der Waals surface area contributed by atoms with Crippen molar-refractivity contribution in [1.82, 2.24) is 9.80 Å². The van der Waals surface area contributed by atoms with Gasteiger partial charge in [0.2, 0.25) is 5.91 Å². The molecule has 2 aliphatic heterocycles. The number of likely N-dealkylation sites (N-methyl/N-ethyl adjacent to an activating group) is 1. The maximum atomic E-state index is 12.9. The van der Waals surface area contributed by atoms with Crippen LogP contribution in [0, 0.1) is 11.3 Å². The first kappa shape index (κ1) is 24.5.